The first-order valence-corrected chi connectivity index (χ1v) is 23.6. The smallest absolute Gasteiger partial charge is 0.166 e. The van der Waals surface area contributed by atoms with Crippen molar-refractivity contribution in [3.8, 4) is 0 Å². The van der Waals surface area contributed by atoms with Crippen molar-refractivity contribution in [1.82, 2.24) is 0 Å². The average molecular weight is 855 g/mol. The Bertz CT molecular complexity index is 2310. The Hall–Kier alpha value is -5.72. The molecule has 0 saturated heterocycles. The SMILES string of the molecule is Cc1ccc(S(=O)(=O)[O-])cc1.O=S(=O)([O-])c1ccccc1.c1ccc([S+](c2ccccc2)c2ccccc2)cc1.c1ccc([S+](c2ccccc2)c2ccccc2)cc1. The third-order valence-electron chi connectivity index (χ3n) is 8.21. The zero-order valence-corrected chi connectivity index (χ0v) is 35.4. The highest BCUT2D eigenvalue weighted by molar-refractivity contribution is 7.97. The summed E-state index contributed by atoms with van der Waals surface area (Å²) in [7, 11) is -8.55. The molecule has 0 spiro atoms. The molecule has 59 heavy (non-hydrogen) atoms. The van der Waals surface area contributed by atoms with Crippen LogP contribution in [0.3, 0.4) is 0 Å². The number of hydrogen-bond donors (Lipinski definition) is 0. The standard InChI is InChI=1S/2C18H15S.C7H8O3S.C6H6O3S/c2*1-4-10-16(11-5-1)19(17-12-6-2-7-13-17)18-14-8-3-9-15-18;1-6-2-4-7(5-3-6)11(8,9)10;7-10(8,9)6-4-2-1-3-5-6/h2*1-15H;2-5H,1H3,(H,8,9,10);1-5H,(H,7,8,9)/q2*+1;;/p-2. The molecule has 0 fully saturated rings. The second-order valence-corrected chi connectivity index (χ2v) is 19.3. The Morgan fingerprint density at radius 2 is 0.475 bits per heavy atom. The Labute approximate surface area is 354 Å². The lowest BCUT2D eigenvalue weighted by Crippen LogP contribution is -2.04. The van der Waals surface area contributed by atoms with Crippen LogP contribution in [0.15, 0.2) is 276 Å². The first-order chi connectivity index (χ1) is 28.5. The molecule has 0 saturated carbocycles. The Kier molecular flexibility index (Phi) is 16.9. The Balaban J connectivity index is 0.000000156. The topological polar surface area (TPSA) is 114 Å². The summed E-state index contributed by atoms with van der Waals surface area (Å²) in [5.74, 6) is 0. The summed E-state index contributed by atoms with van der Waals surface area (Å²) in [5, 5.41) is 0. The lowest BCUT2D eigenvalue weighted by Gasteiger charge is -2.07. The van der Waals surface area contributed by atoms with Gasteiger partial charge in [0.2, 0.25) is 0 Å². The first-order valence-electron chi connectivity index (χ1n) is 18.3. The second-order valence-electron chi connectivity index (χ2n) is 12.5. The van der Waals surface area contributed by atoms with Gasteiger partial charge in [0, 0.05) is 0 Å². The molecule has 0 atom stereocenters. The van der Waals surface area contributed by atoms with E-state index in [0.29, 0.717) is 0 Å². The molecule has 0 aromatic heterocycles. The van der Waals surface area contributed by atoms with E-state index < -0.39 is 20.2 Å². The maximum Gasteiger partial charge on any atom is 0.166 e. The summed E-state index contributed by atoms with van der Waals surface area (Å²) in [4.78, 5) is 7.80. The largest absolute Gasteiger partial charge is 0.744 e. The molecule has 0 amide bonds. The van der Waals surface area contributed by atoms with Crippen molar-refractivity contribution >= 4 is 42.0 Å². The van der Waals surface area contributed by atoms with Gasteiger partial charge in [-0.3, -0.25) is 0 Å². The molecule has 0 radical (unpaired) electrons. The molecule has 10 heteroatoms. The molecule has 0 bridgehead atoms. The van der Waals surface area contributed by atoms with Gasteiger partial charge in [-0.05, 0) is 104 Å². The normalized spacial score (nSPS) is 10.9. The van der Waals surface area contributed by atoms with Gasteiger partial charge >= 0.3 is 0 Å². The quantitative estimate of drug-likeness (QED) is 0.111. The van der Waals surface area contributed by atoms with Crippen LogP contribution in [0.5, 0.6) is 0 Å². The first kappa shape index (κ1) is 44.4. The fraction of sp³-hybridized carbons (Fsp3) is 0.0204. The van der Waals surface area contributed by atoms with E-state index in [1.54, 1.807) is 18.2 Å². The van der Waals surface area contributed by atoms with Crippen LogP contribution in [0.2, 0.25) is 0 Å². The third-order valence-corrected chi connectivity index (χ3v) is 14.4. The predicted molar refractivity (Wildman–Crippen MR) is 237 cm³/mol. The van der Waals surface area contributed by atoms with Crippen LogP contribution in [-0.2, 0) is 42.0 Å². The minimum Gasteiger partial charge on any atom is -0.744 e. The maximum atomic E-state index is 10.4. The van der Waals surface area contributed by atoms with E-state index >= 15 is 0 Å². The molecule has 0 aliphatic carbocycles. The van der Waals surface area contributed by atoms with Crippen molar-refractivity contribution in [2.24, 2.45) is 0 Å². The lowest BCUT2D eigenvalue weighted by atomic mass is 10.2. The molecule has 8 aromatic carbocycles. The molecule has 0 heterocycles. The molecule has 0 aliphatic rings. The fourth-order valence-corrected chi connectivity index (χ4v) is 10.6. The summed E-state index contributed by atoms with van der Waals surface area (Å²) < 4.78 is 62.0. The minimum absolute atomic E-state index is 0.0146. The predicted octanol–water partition coefficient (Wildman–Crippen LogP) is 11.1. The molecule has 298 valence electrons. The van der Waals surface area contributed by atoms with Crippen LogP contribution in [0, 0.1) is 6.92 Å². The zero-order valence-electron chi connectivity index (χ0n) is 32.1. The highest BCUT2D eigenvalue weighted by Gasteiger charge is 2.28. The van der Waals surface area contributed by atoms with E-state index in [4.69, 9.17) is 0 Å². The molecule has 8 rings (SSSR count). The molecular formula is C49H42O6S4. The van der Waals surface area contributed by atoms with Crippen molar-refractivity contribution in [3.05, 3.63) is 242 Å². The minimum atomic E-state index is -4.27. The van der Waals surface area contributed by atoms with E-state index in [-0.39, 0.29) is 31.6 Å². The van der Waals surface area contributed by atoms with E-state index in [1.165, 1.54) is 65.8 Å². The van der Waals surface area contributed by atoms with Crippen molar-refractivity contribution in [1.29, 1.82) is 0 Å². The van der Waals surface area contributed by atoms with E-state index in [0.717, 1.165) is 5.56 Å². The molecule has 0 unspecified atom stereocenters. The van der Waals surface area contributed by atoms with Crippen LogP contribution in [0.4, 0.5) is 0 Å². The second kappa shape index (κ2) is 22.4. The van der Waals surface area contributed by atoms with Gasteiger partial charge in [-0.15, -0.1) is 0 Å². The third kappa shape index (κ3) is 14.3. The number of rotatable bonds is 8. The van der Waals surface area contributed by atoms with Crippen LogP contribution < -0.4 is 0 Å². The Morgan fingerprint density at radius 3 is 0.661 bits per heavy atom. The summed E-state index contributed by atoms with van der Waals surface area (Å²) in [6.07, 6.45) is 0. The molecule has 8 aromatic rings. The zero-order chi connectivity index (χ0) is 41.9. The van der Waals surface area contributed by atoms with Gasteiger partial charge in [0.05, 0.1) is 31.6 Å². The molecular weight excluding hydrogens is 813 g/mol. The summed E-state index contributed by atoms with van der Waals surface area (Å²) in [6, 6.07) is 77.3. The molecule has 6 nitrogen and oxygen atoms in total. The van der Waals surface area contributed by atoms with E-state index in [1.807, 2.05) is 6.92 Å². The van der Waals surface area contributed by atoms with Crippen LogP contribution in [0.25, 0.3) is 0 Å². The molecule has 0 aliphatic heterocycles. The van der Waals surface area contributed by atoms with Crippen LogP contribution in [-0.4, -0.2) is 25.9 Å². The summed E-state index contributed by atoms with van der Waals surface area (Å²) >= 11 is 0. The van der Waals surface area contributed by atoms with Gasteiger partial charge in [0.15, 0.2) is 29.4 Å². The van der Waals surface area contributed by atoms with Gasteiger partial charge in [0.1, 0.15) is 20.2 Å². The van der Waals surface area contributed by atoms with Crippen LogP contribution >= 0.6 is 0 Å². The monoisotopic (exact) mass is 854 g/mol. The summed E-state index contributed by atoms with van der Waals surface area (Å²) in [6.45, 7) is 1.82. The van der Waals surface area contributed by atoms with Gasteiger partial charge in [0.25, 0.3) is 0 Å². The fourth-order valence-electron chi connectivity index (χ4n) is 5.45. The van der Waals surface area contributed by atoms with Crippen molar-refractivity contribution < 1.29 is 25.9 Å². The highest BCUT2D eigenvalue weighted by atomic mass is 32.2. The number of aryl methyl sites for hydroxylation is 1. The van der Waals surface area contributed by atoms with Crippen molar-refractivity contribution in [2.75, 3.05) is 0 Å². The van der Waals surface area contributed by atoms with Gasteiger partial charge in [-0.25, -0.2) is 16.8 Å². The van der Waals surface area contributed by atoms with Gasteiger partial charge in [-0.1, -0.05) is 145 Å². The lowest BCUT2D eigenvalue weighted by molar-refractivity contribution is 0.461. The van der Waals surface area contributed by atoms with E-state index in [9.17, 15) is 25.9 Å². The maximum absolute atomic E-state index is 10.4. The van der Waals surface area contributed by atoms with Gasteiger partial charge < -0.3 is 9.11 Å². The average Bonchev–Trinajstić information content (AvgIpc) is 3.27. The highest BCUT2D eigenvalue weighted by Crippen LogP contribution is 2.31. The van der Waals surface area contributed by atoms with E-state index in [2.05, 4.69) is 182 Å². The van der Waals surface area contributed by atoms with Crippen molar-refractivity contribution in [3.63, 3.8) is 0 Å². The number of benzene rings is 8. The summed E-state index contributed by atoms with van der Waals surface area (Å²) in [5.41, 5.74) is 0.928. The number of hydrogen-bond acceptors (Lipinski definition) is 6. The molecule has 0 N–H and O–H groups in total. The Morgan fingerprint density at radius 1 is 0.288 bits per heavy atom. The van der Waals surface area contributed by atoms with Gasteiger partial charge in [-0.2, -0.15) is 0 Å². The van der Waals surface area contributed by atoms with Crippen molar-refractivity contribution in [2.45, 2.75) is 46.1 Å². The van der Waals surface area contributed by atoms with Crippen LogP contribution in [0.1, 0.15) is 5.56 Å².